The monoisotopic (exact) mass is 381 g/mol. The quantitative estimate of drug-likeness (QED) is 0.847. The highest BCUT2D eigenvalue weighted by atomic mass is 79.9. The van der Waals surface area contributed by atoms with Gasteiger partial charge in [0.1, 0.15) is 28.5 Å². The maximum Gasteiger partial charge on any atom is 0.150 e. The smallest absolute Gasteiger partial charge is 0.150 e. The van der Waals surface area contributed by atoms with E-state index in [4.69, 9.17) is 5.26 Å². The molecule has 2 rings (SSSR count). The predicted molar refractivity (Wildman–Crippen MR) is 81.4 cm³/mol. The van der Waals surface area contributed by atoms with E-state index in [1.807, 2.05) is 12.1 Å². The molecule has 0 aliphatic heterocycles. The average Bonchev–Trinajstić information content (AvgIpc) is 2.42. The largest absolute Gasteiger partial charge is 0.372 e. The molecule has 0 amide bonds. The van der Waals surface area contributed by atoms with Crippen LogP contribution in [0.2, 0.25) is 0 Å². The normalized spacial score (nSPS) is 9.79. The van der Waals surface area contributed by atoms with E-state index in [1.165, 1.54) is 6.33 Å². The van der Waals surface area contributed by atoms with Crippen LogP contribution in [0.3, 0.4) is 0 Å². The van der Waals surface area contributed by atoms with E-state index in [1.54, 1.807) is 13.1 Å². The molecule has 0 aliphatic carbocycles. The second-order valence-corrected chi connectivity index (χ2v) is 5.27. The fourth-order valence-electron chi connectivity index (χ4n) is 1.48. The van der Waals surface area contributed by atoms with Crippen LogP contribution >= 0.6 is 31.9 Å². The molecule has 2 aromatic rings. The van der Waals surface area contributed by atoms with E-state index in [0.717, 1.165) is 4.47 Å². The molecular formula is C12H9Br2N5. The fraction of sp³-hybridized carbons (Fsp3) is 0.0833. The Hall–Kier alpha value is -1.65. The topological polar surface area (TPSA) is 73.6 Å². The number of nitrogens with one attached hydrogen (secondary N) is 2. The van der Waals surface area contributed by atoms with Crippen LogP contribution in [0.5, 0.6) is 0 Å². The molecule has 0 saturated carbocycles. The van der Waals surface area contributed by atoms with Gasteiger partial charge in [0, 0.05) is 11.5 Å². The third kappa shape index (κ3) is 3.03. The number of nitriles is 1. The Kier molecular flexibility index (Phi) is 4.35. The number of nitrogens with zero attached hydrogens (tertiary/aromatic N) is 3. The molecule has 0 atom stereocenters. The zero-order chi connectivity index (χ0) is 13.8. The highest BCUT2D eigenvalue weighted by Gasteiger charge is 2.10. The number of hydrogen-bond donors (Lipinski definition) is 2. The van der Waals surface area contributed by atoms with E-state index in [9.17, 15) is 0 Å². The fourth-order valence-corrected chi connectivity index (χ4v) is 2.34. The summed E-state index contributed by atoms with van der Waals surface area (Å²) < 4.78 is 1.57. The van der Waals surface area contributed by atoms with Gasteiger partial charge in [-0.15, -0.1) is 0 Å². The first kappa shape index (κ1) is 13.8. The molecule has 0 fully saturated rings. The summed E-state index contributed by atoms with van der Waals surface area (Å²) in [5.41, 5.74) is 1.22. The van der Waals surface area contributed by atoms with Crippen molar-refractivity contribution in [2.45, 2.75) is 0 Å². The van der Waals surface area contributed by atoms with Gasteiger partial charge in [0.2, 0.25) is 0 Å². The summed E-state index contributed by atoms with van der Waals surface area (Å²) in [4.78, 5) is 8.22. The molecule has 0 radical (unpaired) electrons. The minimum Gasteiger partial charge on any atom is -0.372 e. The zero-order valence-corrected chi connectivity index (χ0v) is 13.1. The van der Waals surface area contributed by atoms with Crippen molar-refractivity contribution < 1.29 is 0 Å². The summed E-state index contributed by atoms with van der Waals surface area (Å²) >= 11 is 6.75. The average molecular weight is 383 g/mol. The van der Waals surface area contributed by atoms with Gasteiger partial charge in [-0.2, -0.15) is 5.26 Å². The lowest BCUT2D eigenvalue weighted by Gasteiger charge is -2.11. The van der Waals surface area contributed by atoms with Crippen molar-refractivity contribution in [2.24, 2.45) is 0 Å². The van der Waals surface area contributed by atoms with Crippen molar-refractivity contribution in [3.8, 4) is 6.07 Å². The van der Waals surface area contributed by atoms with Gasteiger partial charge in [-0.25, -0.2) is 9.97 Å². The van der Waals surface area contributed by atoms with Crippen molar-refractivity contribution in [2.75, 3.05) is 17.7 Å². The van der Waals surface area contributed by atoms with E-state index >= 15 is 0 Å². The van der Waals surface area contributed by atoms with Crippen LogP contribution in [0, 0.1) is 11.3 Å². The Morgan fingerprint density at radius 1 is 1.21 bits per heavy atom. The van der Waals surface area contributed by atoms with Crippen molar-refractivity contribution in [1.29, 1.82) is 5.26 Å². The predicted octanol–water partition coefficient (Wildman–Crippen LogP) is 3.66. The molecule has 19 heavy (non-hydrogen) atoms. The lowest BCUT2D eigenvalue weighted by atomic mass is 10.2. The zero-order valence-electron chi connectivity index (χ0n) is 9.91. The standard InChI is InChI=1S/C12H9Br2N5/c1-16-11-10(14)12(18-6-17-11)19-9-3-2-8(13)4-7(9)5-15/h2-4,6H,1H3,(H2,16,17,18,19). The molecule has 0 unspecified atom stereocenters. The first-order valence-corrected chi connectivity index (χ1v) is 6.89. The number of anilines is 3. The van der Waals surface area contributed by atoms with Crippen LogP contribution in [0.15, 0.2) is 33.5 Å². The summed E-state index contributed by atoms with van der Waals surface area (Å²) in [5, 5.41) is 15.2. The van der Waals surface area contributed by atoms with E-state index in [2.05, 4.69) is 58.5 Å². The summed E-state index contributed by atoms with van der Waals surface area (Å²) in [6.07, 6.45) is 1.45. The lowest BCUT2D eigenvalue weighted by molar-refractivity contribution is 1.14. The van der Waals surface area contributed by atoms with Gasteiger partial charge < -0.3 is 10.6 Å². The Labute approximate surface area is 127 Å². The molecular weight excluding hydrogens is 374 g/mol. The minimum atomic E-state index is 0.533. The van der Waals surface area contributed by atoms with Gasteiger partial charge >= 0.3 is 0 Å². The Morgan fingerprint density at radius 2 is 1.95 bits per heavy atom. The molecule has 1 heterocycles. The SMILES string of the molecule is CNc1ncnc(Nc2ccc(Br)cc2C#N)c1Br. The second-order valence-electron chi connectivity index (χ2n) is 3.56. The number of benzene rings is 1. The lowest BCUT2D eigenvalue weighted by Crippen LogP contribution is -2.01. The number of rotatable bonds is 3. The van der Waals surface area contributed by atoms with E-state index < -0.39 is 0 Å². The van der Waals surface area contributed by atoms with E-state index in [0.29, 0.717) is 27.4 Å². The van der Waals surface area contributed by atoms with Gasteiger partial charge in [0.25, 0.3) is 0 Å². The minimum absolute atomic E-state index is 0.533. The molecule has 0 bridgehead atoms. The van der Waals surface area contributed by atoms with Crippen LogP contribution in [0.25, 0.3) is 0 Å². The number of halogens is 2. The van der Waals surface area contributed by atoms with Crippen LogP contribution in [0.4, 0.5) is 17.3 Å². The van der Waals surface area contributed by atoms with Crippen molar-refractivity contribution in [1.82, 2.24) is 9.97 Å². The first-order chi connectivity index (χ1) is 9.15. The van der Waals surface area contributed by atoms with Gasteiger partial charge in [-0.1, -0.05) is 15.9 Å². The number of aromatic nitrogens is 2. The van der Waals surface area contributed by atoms with Gasteiger partial charge in [-0.05, 0) is 34.1 Å². The van der Waals surface area contributed by atoms with Crippen LogP contribution in [0.1, 0.15) is 5.56 Å². The molecule has 7 heteroatoms. The Balaban J connectivity index is 2.40. The van der Waals surface area contributed by atoms with Crippen LogP contribution < -0.4 is 10.6 Å². The summed E-state index contributed by atoms with van der Waals surface area (Å²) in [6.45, 7) is 0. The second kappa shape index (κ2) is 5.99. The van der Waals surface area contributed by atoms with Gasteiger partial charge in [0.05, 0.1) is 11.3 Å². The molecule has 0 spiro atoms. The van der Waals surface area contributed by atoms with Crippen molar-refractivity contribution in [3.05, 3.63) is 39.0 Å². The summed E-state index contributed by atoms with van der Waals surface area (Å²) in [7, 11) is 1.78. The maximum atomic E-state index is 9.12. The van der Waals surface area contributed by atoms with Gasteiger partial charge in [-0.3, -0.25) is 0 Å². The Morgan fingerprint density at radius 3 is 2.63 bits per heavy atom. The first-order valence-electron chi connectivity index (χ1n) is 5.30. The van der Waals surface area contributed by atoms with Gasteiger partial charge in [0.15, 0.2) is 0 Å². The van der Waals surface area contributed by atoms with Crippen LogP contribution in [-0.4, -0.2) is 17.0 Å². The number of hydrogen-bond acceptors (Lipinski definition) is 5. The molecule has 0 aliphatic rings. The highest BCUT2D eigenvalue weighted by Crippen LogP contribution is 2.30. The molecule has 0 saturated heterocycles. The summed E-state index contributed by atoms with van der Waals surface area (Å²) in [6, 6.07) is 7.56. The maximum absolute atomic E-state index is 9.12. The molecule has 5 nitrogen and oxygen atoms in total. The molecule has 1 aromatic carbocycles. The van der Waals surface area contributed by atoms with Crippen LogP contribution in [-0.2, 0) is 0 Å². The molecule has 96 valence electrons. The third-order valence-electron chi connectivity index (χ3n) is 2.38. The molecule has 2 N–H and O–H groups in total. The van der Waals surface area contributed by atoms with E-state index in [-0.39, 0.29) is 0 Å². The van der Waals surface area contributed by atoms with Crippen molar-refractivity contribution >= 4 is 49.2 Å². The molecule has 1 aromatic heterocycles. The highest BCUT2D eigenvalue weighted by molar-refractivity contribution is 9.11. The third-order valence-corrected chi connectivity index (χ3v) is 3.63. The Bertz CT molecular complexity index is 651. The summed E-state index contributed by atoms with van der Waals surface area (Å²) in [5.74, 6) is 1.27. The van der Waals surface area contributed by atoms with Crippen molar-refractivity contribution in [3.63, 3.8) is 0 Å².